The lowest BCUT2D eigenvalue weighted by molar-refractivity contribution is -0.192. The second-order valence-electron chi connectivity index (χ2n) is 6.77. The van der Waals surface area contributed by atoms with E-state index < -0.39 is 0 Å². The van der Waals surface area contributed by atoms with Crippen molar-refractivity contribution in [2.75, 3.05) is 20.4 Å². The normalized spacial score (nSPS) is 26.5. The number of hydrogen-bond donors (Lipinski definition) is 0. The largest absolute Gasteiger partial charge is 0.454 e. The summed E-state index contributed by atoms with van der Waals surface area (Å²) in [6.45, 7) is 3.02. The number of rotatable bonds is 4. The molecule has 0 bridgehead atoms. The number of fused-ring (bicyclic) bond motifs is 1. The molecule has 3 aliphatic rings. The maximum absolute atomic E-state index is 12.9. The quantitative estimate of drug-likeness (QED) is 0.857. The summed E-state index contributed by atoms with van der Waals surface area (Å²) in [5, 5.41) is 0. The van der Waals surface area contributed by atoms with E-state index in [1.807, 2.05) is 31.0 Å². The Morgan fingerprint density at radius 3 is 2.83 bits per heavy atom. The Bertz CT molecular complexity index is 625. The Balaban J connectivity index is 1.51. The molecule has 1 aromatic rings. The van der Waals surface area contributed by atoms with Gasteiger partial charge in [-0.25, -0.2) is 0 Å². The fourth-order valence-corrected chi connectivity index (χ4v) is 4.32. The van der Waals surface area contributed by atoms with E-state index in [2.05, 4.69) is 0 Å². The van der Waals surface area contributed by atoms with Crippen molar-refractivity contribution in [2.45, 2.75) is 44.8 Å². The Hall–Kier alpha value is -1.75. The molecule has 4 rings (SSSR count). The monoisotopic (exact) mass is 317 g/mol. The number of carbonyl (C=O) groups is 1. The first-order chi connectivity index (χ1) is 11.2. The van der Waals surface area contributed by atoms with Crippen LogP contribution in [-0.4, -0.2) is 43.4 Å². The Labute approximate surface area is 136 Å². The number of carbonyl (C=O) groups excluding carboxylic acids is 1. The van der Waals surface area contributed by atoms with Crippen LogP contribution < -0.4 is 9.47 Å². The predicted molar refractivity (Wildman–Crippen MR) is 84.8 cm³/mol. The maximum atomic E-state index is 12.9. The minimum absolute atomic E-state index is 0.0505. The van der Waals surface area contributed by atoms with Crippen molar-refractivity contribution in [1.82, 2.24) is 4.90 Å². The van der Waals surface area contributed by atoms with Crippen LogP contribution in [0.2, 0.25) is 0 Å². The zero-order chi connectivity index (χ0) is 16.0. The van der Waals surface area contributed by atoms with E-state index in [4.69, 9.17) is 14.2 Å². The van der Waals surface area contributed by atoms with Crippen molar-refractivity contribution < 1.29 is 19.0 Å². The van der Waals surface area contributed by atoms with Crippen molar-refractivity contribution in [3.63, 3.8) is 0 Å². The summed E-state index contributed by atoms with van der Waals surface area (Å²) in [6.07, 6.45) is 4.84. The molecule has 0 unspecified atom stereocenters. The van der Waals surface area contributed by atoms with Gasteiger partial charge in [0.1, 0.15) is 0 Å². The topological polar surface area (TPSA) is 48.0 Å². The molecule has 1 aliphatic heterocycles. The number of amides is 1. The standard InChI is InChI=1S/C18H23NO4/c1-3-21-16-10-15(18(16)7-4-8-18)19(2)17(20)12-5-6-13-14(9-12)23-11-22-13/h5-6,9,15-16H,3-4,7-8,10-11H2,1-2H3/t15-,16-/m1/s1. The van der Waals surface area contributed by atoms with Crippen molar-refractivity contribution in [2.24, 2.45) is 5.41 Å². The van der Waals surface area contributed by atoms with Crippen LogP contribution >= 0.6 is 0 Å². The maximum Gasteiger partial charge on any atom is 0.254 e. The number of benzene rings is 1. The molecule has 2 atom stereocenters. The van der Waals surface area contributed by atoms with Crippen LogP contribution in [-0.2, 0) is 4.74 Å². The third-order valence-corrected chi connectivity index (χ3v) is 5.80. The Morgan fingerprint density at radius 2 is 2.13 bits per heavy atom. The van der Waals surface area contributed by atoms with Crippen LogP contribution in [0, 0.1) is 5.41 Å². The highest BCUT2D eigenvalue weighted by Gasteiger charge is 2.60. The van der Waals surface area contributed by atoms with Gasteiger partial charge in [-0.3, -0.25) is 4.79 Å². The summed E-state index contributed by atoms with van der Waals surface area (Å²) in [5.41, 5.74) is 0.850. The van der Waals surface area contributed by atoms with Crippen LogP contribution in [0.5, 0.6) is 11.5 Å². The summed E-state index contributed by atoms with van der Waals surface area (Å²) in [4.78, 5) is 14.8. The van der Waals surface area contributed by atoms with E-state index in [1.165, 1.54) is 19.3 Å². The number of ether oxygens (including phenoxy) is 3. The molecule has 5 heteroatoms. The molecule has 2 saturated carbocycles. The van der Waals surface area contributed by atoms with Crippen LogP contribution in [0.15, 0.2) is 18.2 Å². The lowest BCUT2D eigenvalue weighted by Gasteiger charge is -2.63. The Kier molecular flexibility index (Phi) is 3.48. The van der Waals surface area contributed by atoms with Gasteiger partial charge < -0.3 is 19.1 Å². The molecule has 1 aromatic carbocycles. The van der Waals surface area contributed by atoms with Gasteiger partial charge in [0, 0.05) is 30.7 Å². The molecule has 0 radical (unpaired) electrons. The van der Waals surface area contributed by atoms with E-state index in [0.717, 1.165) is 13.0 Å². The van der Waals surface area contributed by atoms with Gasteiger partial charge in [-0.1, -0.05) is 6.42 Å². The van der Waals surface area contributed by atoms with Gasteiger partial charge in [0.2, 0.25) is 6.79 Å². The molecule has 2 aliphatic carbocycles. The molecule has 1 spiro atoms. The number of hydrogen-bond acceptors (Lipinski definition) is 4. The van der Waals surface area contributed by atoms with Gasteiger partial charge in [-0.2, -0.15) is 0 Å². The highest BCUT2D eigenvalue weighted by atomic mass is 16.7. The first-order valence-electron chi connectivity index (χ1n) is 8.44. The summed E-state index contributed by atoms with van der Waals surface area (Å²) in [7, 11) is 1.92. The van der Waals surface area contributed by atoms with E-state index in [1.54, 1.807) is 6.07 Å². The predicted octanol–water partition coefficient (Wildman–Crippen LogP) is 2.84. The van der Waals surface area contributed by atoms with Gasteiger partial charge in [-0.15, -0.1) is 0 Å². The average Bonchev–Trinajstić information content (AvgIpc) is 2.95. The van der Waals surface area contributed by atoms with Crippen molar-refractivity contribution in [3.8, 4) is 11.5 Å². The van der Waals surface area contributed by atoms with Crippen molar-refractivity contribution in [1.29, 1.82) is 0 Å². The third-order valence-electron chi connectivity index (χ3n) is 5.80. The minimum atomic E-state index is 0.0505. The molecular formula is C18H23NO4. The van der Waals surface area contributed by atoms with Gasteiger partial charge >= 0.3 is 0 Å². The van der Waals surface area contributed by atoms with Crippen LogP contribution in [0.3, 0.4) is 0 Å². The molecule has 0 N–H and O–H groups in total. The minimum Gasteiger partial charge on any atom is -0.454 e. The van der Waals surface area contributed by atoms with E-state index >= 15 is 0 Å². The molecule has 0 saturated heterocycles. The van der Waals surface area contributed by atoms with E-state index in [0.29, 0.717) is 23.2 Å². The van der Waals surface area contributed by atoms with Gasteiger partial charge in [0.15, 0.2) is 11.5 Å². The fourth-order valence-electron chi connectivity index (χ4n) is 4.32. The first kappa shape index (κ1) is 14.8. The van der Waals surface area contributed by atoms with Crippen molar-refractivity contribution >= 4 is 5.91 Å². The molecule has 1 heterocycles. The van der Waals surface area contributed by atoms with Crippen LogP contribution in [0.4, 0.5) is 0 Å². The molecule has 23 heavy (non-hydrogen) atoms. The molecule has 1 amide bonds. The lowest BCUT2D eigenvalue weighted by Crippen LogP contribution is -2.67. The summed E-state index contributed by atoms with van der Waals surface area (Å²) in [5.74, 6) is 1.41. The van der Waals surface area contributed by atoms with Crippen LogP contribution in [0.1, 0.15) is 43.0 Å². The molecule has 2 fully saturated rings. The molecular weight excluding hydrogens is 294 g/mol. The zero-order valence-corrected chi connectivity index (χ0v) is 13.7. The fraction of sp³-hybridized carbons (Fsp3) is 0.611. The summed E-state index contributed by atoms with van der Waals surface area (Å²) >= 11 is 0. The molecule has 124 valence electrons. The van der Waals surface area contributed by atoms with Gasteiger partial charge in [0.05, 0.1) is 6.10 Å². The lowest BCUT2D eigenvalue weighted by atomic mass is 9.50. The van der Waals surface area contributed by atoms with E-state index in [9.17, 15) is 4.79 Å². The third kappa shape index (κ3) is 2.13. The Morgan fingerprint density at radius 1 is 1.35 bits per heavy atom. The summed E-state index contributed by atoms with van der Waals surface area (Å²) in [6, 6.07) is 5.70. The van der Waals surface area contributed by atoms with Gasteiger partial charge in [-0.05, 0) is 44.4 Å². The molecule has 5 nitrogen and oxygen atoms in total. The van der Waals surface area contributed by atoms with Crippen LogP contribution in [0.25, 0.3) is 0 Å². The average molecular weight is 317 g/mol. The highest BCUT2D eigenvalue weighted by molar-refractivity contribution is 5.95. The molecule has 0 aromatic heterocycles. The smallest absolute Gasteiger partial charge is 0.254 e. The SMILES string of the molecule is CCO[C@@H]1C[C@@H](N(C)C(=O)c2ccc3c(c2)OCO3)C12CCC2. The van der Waals surface area contributed by atoms with Crippen molar-refractivity contribution in [3.05, 3.63) is 23.8 Å². The summed E-state index contributed by atoms with van der Waals surface area (Å²) < 4.78 is 16.6. The number of nitrogens with zero attached hydrogens (tertiary/aromatic N) is 1. The van der Waals surface area contributed by atoms with Gasteiger partial charge in [0.25, 0.3) is 5.91 Å². The first-order valence-corrected chi connectivity index (χ1v) is 8.44. The van der Waals surface area contributed by atoms with E-state index in [-0.39, 0.29) is 24.2 Å². The second-order valence-corrected chi connectivity index (χ2v) is 6.77. The second kappa shape index (κ2) is 5.41. The zero-order valence-electron chi connectivity index (χ0n) is 13.7. The highest BCUT2D eigenvalue weighted by Crippen LogP contribution is 2.59.